The largest absolute Gasteiger partial charge is 0.426 e. The van der Waals surface area contributed by atoms with E-state index in [0.717, 1.165) is 16.5 Å². The lowest BCUT2D eigenvalue weighted by Crippen LogP contribution is -2.30. The zero-order chi connectivity index (χ0) is 22.4. The van der Waals surface area contributed by atoms with Crippen LogP contribution in [0.4, 0.5) is 13.2 Å². The lowest BCUT2D eigenvalue weighted by molar-refractivity contribution is -0.172. The topological polar surface area (TPSA) is 66.5 Å². The Morgan fingerprint density at radius 1 is 1.35 bits per heavy atom. The zero-order valence-electron chi connectivity index (χ0n) is 17.4. The molecule has 4 heterocycles. The summed E-state index contributed by atoms with van der Waals surface area (Å²) in [6.45, 7) is 7.24. The van der Waals surface area contributed by atoms with Gasteiger partial charge in [0.1, 0.15) is 23.1 Å². The summed E-state index contributed by atoms with van der Waals surface area (Å²) in [4.78, 5) is 13.1. The quantitative estimate of drug-likeness (QED) is 0.364. The van der Waals surface area contributed by atoms with E-state index in [1.165, 1.54) is 11.3 Å². The Morgan fingerprint density at radius 3 is 2.84 bits per heavy atom. The molecule has 0 N–H and O–H groups in total. The number of nitrogens with zero attached hydrogens (tertiary/aromatic N) is 2. The summed E-state index contributed by atoms with van der Waals surface area (Å²) in [5, 5.41) is 4.73. The summed E-state index contributed by atoms with van der Waals surface area (Å²) in [5.74, 6) is -2.28. The second kappa shape index (κ2) is 8.19. The molecule has 6 nitrogen and oxygen atoms in total. The van der Waals surface area contributed by atoms with Crippen molar-refractivity contribution < 1.29 is 27.1 Å². The summed E-state index contributed by atoms with van der Waals surface area (Å²) < 4.78 is 58.0. The van der Waals surface area contributed by atoms with E-state index in [-0.39, 0.29) is 22.6 Å². The van der Waals surface area contributed by atoms with Gasteiger partial charge in [0.15, 0.2) is 0 Å². The van der Waals surface area contributed by atoms with Crippen LogP contribution in [0, 0.1) is 0 Å². The molecule has 0 saturated carbocycles. The predicted molar refractivity (Wildman–Crippen MR) is 114 cm³/mol. The highest BCUT2D eigenvalue weighted by Crippen LogP contribution is 2.43. The molecular weight excluding hydrogens is 449 g/mol. The Morgan fingerprint density at radius 2 is 2.13 bits per heavy atom. The van der Waals surface area contributed by atoms with Gasteiger partial charge in [-0.15, -0.1) is 11.3 Å². The average Bonchev–Trinajstić information content (AvgIpc) is 3.31. The van der Waals surface area contributed by atoms with Gasteiger partial charge in [0.25, 0.3) is 0 Å². The second-order valence-corrected chi connectivity index (χ2v) is 15.5. The third-order valence-electron chi connectivity index (χ3n) is 5.12. The Labute approximate surface area is 181 Å². The number of thiophene rings is 1. The lowest BCUT2D eigenvalue weighted by atomic mass is 9.97. The molecule has 0 saturated heterocycles. The van der Waals surface area contributed by atoms with Gasteiger partial charge in [-0.3, -0.25) is 0 Å². The van der Waals surface area contributed by atoms with Crippen molar-refractivity contribution in [3.8, 4) is 10.4 Å². The molecular formula is C20H23F3N2O4SSi. The van der Waals surface area contributed by atoms with Crippen molar-refractivity contribution >= 4 is 29.5 Å². The van der Waals surface area contributed by atoms with Crippen molar-refractivity contribution in [2.75, 3.05) is 13.2 Å². The molecule has 0 spiro atoms. The first-order chi connectivity index (χ1) is 14.5. The molecule has 31 heavy (non-hydrogen) atoms. The average molecular weight is 473 g/mol. The van der Waals surface area contributed by atoms with Crippen LogP contribution in [-0.4, -0.2) is 37.2 Å². The van der Waals surface area contributed by atoms with Gasteiger partial charge in [-0.05, 0) is 12.1 Å². The molecule has 0 bridgehead atoms. The minimum atomic E-state index is -4.55. The third-order valence-corrected chi connectivity index (χ3v) is 7.99. The summed E-state index contributed by atoms with van der Waals surface area (Å²) in [7, 11) is -1.17. The molecule has 0 aliphatic carbocycles. The van der Waals surface area contributed by atoms with E-state index in [1.807, 2.05) is 0 Å². The molecule has 0 amide bonds. The maximum Gasteiger partial charge on any atom is 0.401 e. The highest BCUT2D eigenvalue weighted by molar-refractivity contribution is 7.22. The smallest absolute Gasteiger partial charge is 0.401 e. The van der Waals surface area contributed by atoms with Crippen LogP contribution < -0.4 is 5.63 Å². The van der Waals surface area contributed by atoms with Crippen molar-refractivity contribution in [3.05, 3.63) is 40.2 Å². The fraction of sp³-hybridized carbons (Fsp3) is 0.500. The van der Waals surface area contributed by atoms with E-state index in [4.69, 9.17) is 13.9 Å². The zero-order valence-corrected chi connectivity index (χ0v) is 19.2. The molecule has 0 radical (unpaired) electrons. The van der Waals surface area contributed by atoms with Crippen molar-refractivity contribution in [2.24, 2.45) is 0 Å². The molecule has 1 aliphatic rings. The maximum atomic E-state index is 13.4. The molecule has 0 aromatic carbocycles. The Kier molecular flexibility index (Phi) is 5.88. The van der Waals surface area contributed by atoms with Crippen LogP contribution in [0.15, 0.2) is 27.7 Å². The van der Waals surface area contributed by atoms with Crippen LogP contribution in [0.2, 0.25) is 25.7 Å². The van der Waals surface area contributed by atoms with E-state index in [2.05, 4.69) is 24.7 Å². The fourth-order valence-corrected chi connectivity index (χ4v) is 5.17. The van der Waals surface area contributed by atoms with Crippen molar-refractivity contribution in [2.45, 2.75) is 51.1 Å². The van der Waals surface area contributed by atoms with Crippen LogP contribution in [0.25, 0.3) is 20.5 Å². The molecule has 0 fully saturated rings. The molecule has 3 aromatic rings. The van der Waals surface area contributed by atoms with Crippen molar-refractivity contribution in [1.82, 2.24) is 9.78 Å². The number of aromatic nitrogens is 2. The molecule has 11 heteroatoms. The number of rotatable bonds is 6. The number of ether oxygens (including phenoxy) is 2. The first kappa shape index (κ1) is 22.2. The SMILES string of the molecule is C[Si](C)(C)CCOCn1cc(-c2cc3c4c(oc(=O)c3s2)C(C(F)(F)F)COC4)cn1. The molecule has 1 aliphatic heterocycles. The van der Waals surface area contributed by atoms with Gasteiger partial charge in [0.2, 0.25) is 0 Å². The molecule has 1 atom stereocenters. The van der Waals surface area contributed by atoms with Crippen LogP contribution in [0.3, 0.4) is 0 Å². The normalized spacial score (nSPS) is 17.3. The van der Waals surface area contributed by atoms with Gasteiger partial charge in [-0.1, -0.05) is 19.6 Å². The van der Waals surface area contributed by atoms with Crippen LogP contribution in [0.5, 0.6) is 0 Å². The van der Waals surface area contributed by atoms with E-state index in [0.29, 0.717) is 18.7 Å². The summed E-state index contributed by atoms with van der Waals surface area (Å²) in [6.07, 6.45) is -1.10. The van der Waals surface area contributed by atoms with Crippen LogP contribution >= 0.6 is 11.3 Å². The molecule has 1 unspecified atom stereocenters. The summed E-state index contributed by atoms with van der Waals surface area (Å²) >= 11 is 1.17. The van der Waals surface area contributed by atoms with E-state index in [1.54, 1.807) is 23.1 Å². The van der Waals surface area contributed by atoms with Gasteiger partial charge in [0, 0.05) is 42.3 Å². The lowest BCUT2D eigenvalue weighted by Gasteiger charge is -2.25. The number of alkyl halides is 3. The van der Waals surface area contributed by atoms with Gasteiger partial charge in [-0.2, -0.15) is 18.3 Å². The fourth-order valence-electron chi connectivity index (χ4n) is 3.38. The number of hydrogen-bond acceptors (Lipinski definition) is 6. The van der Waals surface area contributed by atoms with Gasteiger partial charge >= 0.3 is 11.8 Å². The van der Waals surface area contributed by atoms with Crippen molar-refractivity contribution in [3.63, 3.8) is 0 Å². The third kappa shape index (κ3) is 4.79. The van der Waals surface area contributed by atoms with Gasteiger partial charge < -0.3 is 13.9 Å². The highest BCUT2D eigenvalue weighted by atomic mass is 32.1. The summed E-state index contributed by atoms with van der Waals surface area (Å²) in [6, 6.07) is 2.77. The van der Waals surface area contributed by atoms with E-state index >= 15 is 0 Å². The predicted octanol–water partition coefficient (Wildman–Crippen LogP) is 5.21. The molecule has 4 rings (SSSR count). The van der Waals surface area contributed by atoms with Crippen molar-refractivity contribution in [1.29, 1.82) is 0 Å². The first-order valence-electron chi connectivity index (χ1n) is 9.87. The van der Waals surface area contributed by atoms with Crippen LogP contribution in [-0.2, 0) is 22.8 Å². The monoisotopic (exact) mass is 472 g/mol. The van der Waals surface area contributed by atoms with E-state index < -0.39 is 32.4 Å². The Bertz CT molecular complexity index is 1150. The molecule has 3 aromatic heterocycles. The van der Waals surface area contributed by atoms with Gasteiger partial charge in [0.05, 0.1) is 19.4 Å². The van der Waals surface area contributed by atoms with Crippen LogP contribution in [0.1, 0.15) is 17.2 Å². The maximum absolute atomic E-state index is 13.4. The standard InChI is InChI=1S/C20H23F3N2O4SSi/c1-31(2,3)5-4-27-11-25-8-12(7-24-25)16-6-13-14-9-28-10-15(20(21,22)23)17(14)29-19(26)18(13)30-16/h6-8,15H,4-5,9-11H2,1-3H3. The minimum Gasteiger partial charge on any atom is -0.426 e. The minimum absolute atomic E-state index is 0.0252. The number of fused-ring (bicyclic) bond motifs is 3. The number of halogens is 3. The molecule has 168 valence electrons. The Balaban J connectivity index is 1.60. The first-order valence-corrected chi connectivity index (χ1v) is 14.4. The Hall–Kier alpha value is -1.95. The highest BCUT2D eigenvalue weighted by Gasteiger charge is 2.46. The summed E-state index contributed by atoms with van der Waals surface area (Å²) in [5.41, 5.74) is 0.281. The number of hydrogen-bond donors (Lipinski definition) is 0. The van der Waals surface area contributed by atoms with E-state index in [9.17, 15) is 18.0 Å². The van der Waals surface area contributed by atoms with Gasteiger partial charge in [-0.25, -0.2) is 9.48 Å². The second-order valence-electron chi connectivity index (χ2n) is 8.81.